The zero-order valence-electron chi connectivity index (χ0n) is 11.9. The zero-order chi connectivity index (χ0) is 14.0. The van der Waals surface area contributed by atoms with Gasteiger partial charge in [-0.1, -0.05) is 6.92 Å². The maximum atomic E-state index is 11.9. The molecular formula is C13H21N5O. The first-order valence-corrected chi connectivity index (χ1v) is 6.58. The molecule has 1 aliphatic rings. The van der Waals surface area contributed by atoms with Crippen LogP contribution >= 0.6 is 0 Å². The maximum Gasteiger partial charge on any atom is 0.256 e. The molecule has 0 radical (unpaired) electrons. The number of amides is 1. The topological polar surface area (TPSA) is 71.3 Å². The van der Waals surface area contributed by atoms with Gasteiger partial charge in [0.05, 0.1) is 6.20 Å². The molecule has 0 spiro atoms. The van der Waals surface area contributed by atoms with E-state index in [1.54, 1.807) is 6.20 Å². The van der Waals surface area contributed by atoms with Crippen LogP contribution < -0.4 is 10.6 Å². The Morgan fingerprint density at radius 3 is 2.84 bits per heavy atom. The summed E-state index contributed by atoms with van der Waals surface area (Å²) in [5, 5.41) is 10.2. The molecule has 6 heteroatoms. The van der Waals surface area contributed by atoms with E-state index in [4.69, 9.17) is 0 Å². The third-order valence-electron chi connectivity index (χ3n) is 2.66. The van der Waals surface area contributed by atoms with Crippen LogP contribution in [0.2, 0.25) is 0 Å². The van der Waals surface area contributed by atoms with Gasteiger partial charge in [0.15, 0.2) is 12.0 Å². The van der Waals surface area contributed by atoms with E-state index in [2.05, 4.69) is 27.6 Å². The summed E-state index contributed by atoms with van der Waals surface area (Å²) in [6.07, 6.45) is 4.61. The number of carbonyl (C=O) groups excluding carboxylic acids is 1. The standard InChI is InChI=1S/C13H21N5O/c1-5-6-18-8-9(7-14-18)10-11(19)16-12(15-10)17-13(2,3)4/h7-8,10H,5-6H2,1-4H3,(H2,15,16,17,19). The number of aryl methyl sites for hydroxylation is 1. The Hall–Kier alpha value is -1.85. The maximum absolute atomic E-state index is 11.9. The average molecular weight is 263 g/mol. The van der Waals surface area contributed by atoms with Crippen molar-refractivity contribution in [3.8, 4) is 0 Å². The summed E-state index contributed by atoms with van der Waals surface area (Å²) in [5.41, 5.74) is 0.699. The molecule has 1 amide bonds. The molecule has 0 saturated carbocycles. The molecule has 2 rings (SSSR count). The minimum atomic E-state index is -0.490. The van der Waals surface area contributed by atoms with E-state index in [-0.39, 0.29) is 11.4 Å². The zero-order valence-corrected chi connectivity index (χ0v) is 11.9. The number of hydrogen-bond acceptors (Lipinski definition) is 4. The molecule has 1 atom stereocenters. The van der Waals surface area contributed by atoms with Crippen molar-refractivity contribution >= 4 is 11.9 Å². The summed E-state index contributed by atoms with van der Waals surface area (Å²) < 4.78 is 1.84. The fraction of sp³-hybridized carbons (Fsp3) is 0.615. The number of aromatic nitrogens is 2. The molecule has 0 aliphatic carbocycles. The van der Waals surface area contributed by atoms with Crippen LogP contribution in [0.5, 0.6) is 0 Å². The van der Waals surface area contributed by atoms with Gasteiger partial charge in [-0.05, 0) is 27.2 Å². The highest BCUT2D eigenvalue weighted by Crippen LogP contribution is 2.20. The minimum Gasteiger partial charge on any atom is -0.351 e. The van der Waals surface area contributed by atoms with Crippen LogP contribution in [0.15, 0.2) is 17.4 Å². The summed E-state index contributed by atoms with van der Waals surface area (Å²) in [5.74, 6) is 0.425. The molecule has 2 heterocycles. The molecule has 0 saturated heterocycles. The number of nitrogens with one attached hydrogen (secondary N) is 2. The first kappa shape index (κ1) is 13.6. The Bertz CT molecular complexity index is 497. The second kappa shape index (κ2) is 5.03. The Labute approximate surface area is 113 Å². The van der Waals surface area contributed by atoms with E-state index in [1.807, 2.05) is 31.6 Å². The highest BCUT2D eigenvalue weighted by molar-refractivity contribution is 6.05. The normalized spacial score (nSPS) is 19.3. The summed E-state index contributed by atoms with van der Waals surface area (Å²) >= 11 is 0. The summed E-state index contributed by atoms with van der Waals surface area (Å²) in [6, 6.07) is -0.490. The van der Waals surface area contributed by atoms with Gasteiger partial charge in [-0.15, -0.1) is 0 Å². The Morgan fingerprint density at radius 1 is 1.47 bits per heavy atom. The quantitative estimate of drug-likeness (QED) is 0.861. The van der Waals surface area contributed by atoms with E-state index in [1.165, 1.54) is 0 Å². The second-order valence-electron chi connectivity index (χ2n) is 5.78. The lowest BCUT2D eigenvalue weighted by atomic mass is 10.1. The van der Waals surface area contributed by atoms with Crippen LogP contribution in [0.25, 0.3) is 0 Å². The van der Waals surface area contributed by atoms with Crippen LogP contribution in [0.4, 0.5) is 0 Å². The van der Waals surface area contributed by atoms with Gasteiger partial charge in [0.2, 0.25) is 0 Å². The molecule has 0 bridgehead atoms. The molecule has 1 aromatic rings. The predicted molar refractivity (Wildman–Crippen MR) is 73.7 cm³/mol. The predicted octanol–water partition coefficient (Wildman–Crippen LogP) is 1.21. The van der Waals surface area contributed by atoms with Crippen LogP contribution in [-0.4, -0.2) is 27.2 Å². The van der Waals surface area contributed by atoms with Crippen LogP contribution in [0.3, 0.4) is 0 Å². The van der Waals surface area contributed by atoms with E-state index < -0.39 is 6.04 Å². The minimum absolute atomic E-state index is 0.109. The number of hydrogen-bond donors (Lipinski definition) is 2. The third kappa shape index (κ3) is 3.33. The molecule has 1 aliphatic heterocycles. The van der Waals surface area contributed by atoms with Crippen molar-refractivity contribution < 1.29 is 4.79 Å². The van der Waals surface area contributed by atoms with Crippen LogP contribution in [0, 0.1) is 0 Å². The number of guanidine groups is 1. The molecule has 0 fully saturated rings. The van der Waals surface area contributed by atoms with E-state index in [0.29, 0.717) is 5.96 Å². The van der Waals surface area contributed by atoms with Gasteiger partial charge < -0.3 is 5.32 Å². The molecular weight excluding hydrogens is 242 g/mol. The van der Waals surface area contributed by atoms with Crippen molar-refractivity contribution in [3.63, 3.8) is 0 Å². The van der Waals surface area contributed by atoms with Gasteiger partial charge in [0.1, 0.15) is 0 Å². The monoisotopic (exact) mass is 263 g/mol. The Kier molecular flexibility index (Phi) is 3.59. The fourth-order valence-electron chi connectivity index (χ4n) is 1.92. The lowest BCUT2D eigenvalue weighted by molar-refractivity contribution is -0.120. The van der Waals surface area contributed by atoms with Crippen molar-refractivity contribution in [1.82, 2.24) is 20.4 Å². The molecule has 6 nitrogen and oxygen atoms in total. The van der Waals surface area contributed by atoms with Crippen molar-refractivity contribution in [2.24, 2.45) is 4.99 Å². The molecule has 1 aromatic heterocycles. The van der Waals surface area contributed by atoms with E-state index in [0.717, 1.165) is 18.5 Å². The van der Waals surface area contributed by atoms with Gasteiger partial charge >= 0.3 is 0 Å². The van der Waals surface area contributed by atoms with Gasteiger partial charge in [0.25, 0.3) is 5.91 Å². The summed E-state index contributed by atoms with van der Waals surface area (Å²) in [4.78, 5) is 16.3. The lowest BCUT2D eigenvalue weighted by Crippen LogP contribution is -2.46. The number of aliphatic imine (C=N–C) groups is 1. The summed E-state index contributed by atoms with van der Waals surface area (Å²) in [7, 11) is 0. The van der Waals surface area contributed by atoms with Crippen molar-refractivity contribution in [2.45, 2.75) is 52.2 Å². The lowest BCUT2D eigenvalue weighted by Gasteiger charge is -2.21. The molecule has 0 aromatic carbocycles. The Balaban J connectivity index is 2.13. The van der Waals surface area contributed by atoms with E-state index in [9.17, 15) is 4.79 Å². The first-order valence-electron chi connectivity index (χ1n) is 6.58. The van der Waals surface area contributed by atoms with Crippen LogP contribution in [0.1, 0.15) is 45.7 Å². The SMILES string of the molecule is CCCn1cc(C2N=C(NC(C)(C)C)NC2=O)cn1. The highest BCUT2D eigenvalue weighted by atomic mass is 16.2. The van der Waals surface area contributed by atoms with Crippen LogP contribution in [-0.2, 0) is 11.3 Å². The summed E-state index contributed by atoms with van der Waals surface area (Å²) in [6.45, 7) is 9.01. The van der Waals surface area contributed by atoms with Crippen molar-refractivity contribution in [2.75, 3.05) is 0 Å². The number of rotatable bonds is 3. The third-order valence-corrected chi connectivity index (χ3v) is 2.66. The number of carbonyl (C=O) groups is 1. The highest BCUT2D eigenvalue weighted by Gasteiger charge is 2.30. The molecule has 1 unspecified atom stereocenters. The van der Waals surface area contributed by atoms with Crippen molar-refractivity contribution in [3.05, 3.63) is 18.0 Å². The van der Waals surface area contributed by atoms with Crippen molar-refractivity contribution in [1.29, 1.82) is 0 Å². The molecule has 19 heavy (non-hydrogen) atoms. The van der Waals surface area contributed by atoms with Gasteiger partial charge in [-0.25, -0.2) is 4.99 Å². The molecule has 2 N–H and O–H groups in total. The Morgan fingerprint density at radius 2 is 2.21 bits per heavy atom. The molecule has 104 valence electrons. The first-order chi connectivity index (χ1) is 8.89. The second-order valence-corrected chi connectivity index (χ2v) is 5.78. The van der Waals surface area contributed by atoms with Gasteiger partial charge in [0, 0.05) is 23.8 Å². The number of nitrogens with zero attached hydrogens (tertiary/aromatic N) is 3. The van der Waals surface area contributed by atoms with E-state index >= 15 is 0 Å². The average Bonchev–Trinajstić information content (AvgIpc) is 2.84. The van der Waals surface area contributed by atoms with Gasteiger partial charge in [-0.3, -0.25) is 14.8 Å². The van der Waals surface area contributed by atoms with Gasteiger partial charge in [-0.2, -0.15) is 5.10 Å². The fourth-order valence-corrected chi connectivity index (χ4v) is 1.92. The largest absolute Gasteiger partial charge is 0.351 e. The smallest absolute Gasteiger partial charge is 0.256 e.